The summed E-state index contributed by atoms with van der Waals surface area (Å²) in [6, 6.07) is 5.36. The lowest BCUT2D eigenvalue weighted by Crippen LogP contribution is -2.48. The maximum Gasteiger partial charge on any atom is 0.243 e. The fourth-order valence-corrected chi connectivity index (χ4v) is 4.70. The molecule has 7 heteroatoms. The molecule has 136 valence electrons. The van der Waals surface area contributed by atoms with Gasteiger partial charge in [-0.05, 0) is 44.0 Å². The predicted molar refractivity (Wildman–Crippen MR) is 97.9 cm³/mol. The molecule has 6 nitrogen and oxygen atoms in total. The Bertz CT molecular complexity index is 865. The smallest absolute Gasteiger partial charge is 0.243 e. The minimum atomic E-state index is -3.41. The Morgan fingerprint density at radius 2 is 1.72 bits per heavy atom. The van der Waals surface area contributed by atoms with E-state index in [9.17, 15) is 8.42 Å². The number of hydrogen-bond acceptors (Lipinski definition) is 4. The van der Waals surface area contributed by atoms with E-state index in [0.29, 0.717) is 18.0 Å². The fraction of sp³-hybridized carbons (Fsp3) is 0.500. The van der Waals surface area contributed by atoms with Gasteiger partial charge in [-0.1, -0.05) is 6.07 Å². The zero-order valence-corrected chi connectivity index (χ0v) is 16.2. The number of nitrogens with zero attached hydrogens (tertiary/aromatic N) is 4. The van der Waals surface area contributed by atoms with Crippen molar-refractivity contribution in [1.82, 2.24) is 19.0 Å². The molecular formula is C18H26N4O2S. The first kappa shape index (κ1) is 18.1. The highest BCUT2D eigenvalue weighted by Gasteiger charge is 2.28. The van der Waals surface area contributed by atoms with Crippen molar-refractivity contribution in [2.75, 3.05) is 26.2 Å². The van der Waals surface area contributed by atoms with Gasteiger partial charge in [-0.2, -0.15) is 9.40 Å². The molecule has 1 aromatic heterocycles. The van der Waals surface area contributed by atoms with Gasteiger partial charge in [-0.3, -0.25) is 9.58 Å². The summed E-state index contributed by atoms with van der Waals surface area (Å²) in [5.41, 5.74) is 4.35. The molecule has 1 aromatic carbocycles. The molecule has 1 aliphatic heterocycles. The number of aryl methyl sites for hydroxylation is 4. The quantitative estimate of drug-likeness (QED) is 0.833. The van der Waals surface area contributed by atoms with E-state index in [1.807, 2.05) is 44.8 Å². The number of benzene rings is 1. The van der Waals surface area contributed by atoms with Crippen molar-refractivity contribution in [1.29, 1.82) is 0 Å². The van der Waals surface area contributed by atoms with Gasteiger partial charge in [0.15, 0.2) is 0 Å². The van der Waals surface area contributed by atoms with Gasteiger partial charge in [0.25, 0.3) is 0 Å². The van der Waals surface area contributed by atoms with Crippen LogP contribution in [0.15, 0.2) is 29.3 Å². The Labute approximate surface area is 150 Å². The molecule has 25 heavy (non-hydrogen) atoms. The van der Waals surface area contributed by atoms with Crippen LogP contribution in [0.1, 0.15) is 22.4 Å². The molecule has 0 bridgehead atoms. The maximum absolute atomic E-state index is 12.9. The molecule has 0 spiro atoms. The maximum atomic E-state index is 12.9. The summed E-state index contributed by atoms with van der Waals surface area (Å²) in [6.45, 7) is 9.28. The summed E-state index contributed by atoms with van der Waals surface area (Å²) >= 11 is 0. The van der Waals surface area contributed by atoms with E-state index < -0.39 is 10.0 Å². The van der Waals surface area contributed by atoms with Crippen LogP contribution in [-0.4, -0.2) is 53.6 Å². The zero-order valence-electron chi connectivity index (χ0n) is 15.4. The van der Waals surface area contributed by atoms with E-state index in [0.717, 1.165) is 36.5 Å². The first-order chi connectivity index (χ1) is 11.8. The number of sulfonamides is 1. The monoisotopic (exact) mass is 362 g/mol. The number of piperazine rings is 1. The Morgan fingerprint density at radius 3 is 2.28 bits per heavy atom. The summed E-state index contributed by atoms with van der Waals surface area (Å²) in [7, 11) is -1.49. The Hall–Kier alpha value is -1.70. The highest BCUT2D eigenvalue weighted by atomic mass is 32.2. The second kappa shape index (κ2) is 6.90. The second-order valence-corrected chi connectivity index (χ2v) is 8.78. The molecule has 2 heterocycles. The van der Waals surface area contributed by atoms with Crippen LogP contribution in [0.2, 0.25) is 0 Å². The van der Waals surface area contributed by atoms with Crippen LogP contribution in [0, 0.1) is 20.8 Å². The van der Waals surface area contributed by atoms with Gasteiger partial charge in [0, 0.05) is 51.5 Å². The third-order valence-electron chi connectivity index (χ3n) is 4.96. The molecule has 0 aliphatic carbocycles. The fourth-order valence-electron chi connectivity index (χ4n) is 3.20. The van der Waals surface area contributed by atoms with Crippen molar-refractivity contribution in [3.8, 4) is 0 Å². The van der Waals surface area contributed by atoms with E-state index in [4.69, 9.17) is 0 Å². The van der Waals surface area contributed by atoms with Gasteiger partial charge in [-0.15, -0.1) is 0 Å². The standard InChI is InChI=1S/C18H26N4O2S/c1-14-5-6-18(11-15(14)2)25(23,24)22-9-7-21(8-10-22)13-17-12-20(4)19-16(17)3/h5-6,11-12H,7-10,13H2,1-4H3. The third kappa shape index (κ3) is 3.78. The van der Waals surface area contributed by atoms with E-state index in [1.54, 1.807) is 16.4 Å². The lowest BCUT2D eigenvalue weighted by molar-refractivity contribution is 0.181. The lowest BCUT2D eigenvalue weighted by Gasteiger charge is -2.34. The normalized spacial score (nSPS) is 17.1. The van der Waals surface area contributed by atoms with E-state index in [2.05, 4.69) is 10.00 Å². The van der Waals surface area contributed by atoms with Crippen LogP contribution in [0.5, 0.6) is 0 Å². The van der Waals surface area contributed by atoms with Crippen molar-refractivity contribution in [3.05, 3.63) is 46.8 Å². The third-order valence-corrected chi connectivity index (χ3v) is 6.85. The van der Waals surface area contributed by atoms with E-state index in [1.165, 1.54) is 5.56 Å². The van der Waals surface area contributed by atoms with E-state index >= 15 is 0 Å². The van der Waals surface area contributed by atoms with Crippen LogP contribution in [0.3, 0.4) is 0 Å². The first-order valence-electron chi connectivity index (χ1n) is 8.56. The summed E-state index contributed by atoms with van der Waals surface area (Å²) in [6.07, 6.45) is 2.04. The molecule has 0 unspecified atom stereocenters. The topological polar surface area (TPSA) is 58.4 Å². The van der Waals surface area contributed by atoms with Gasteiger partial charge in [0.2, 0.25) is 10.0 Å². The van der Waals surface area contributed by atoms with Gasteiger partial charge < -0.3 is 0 Å². The summed E-state index contributed by atoms with van der Waals surface area (Å²) in [4.78, 5) is 2.68. The van der Waals surface area contributed by atoms with Crippen LogP contribution in [0.25, 0.3) is 0 Å². The van der Waals surface area contributed by atoms with Gasteiger partial charge in [-0.25, -0.2) is 8.42 Å². The first-order valence-corrected chi connectivity index (χ1v) is 10.0. The van der Waals surface area contributed by atoms with Crippen LogP contribution >= 0.6 is 0 Å². The molecule has 3 rings (SSSR count). The summed E-state index contributed by atoms with van der Waals surface area (Å²) in [5.74, 6) is 0. The lowest BCUT2D eigenvalue weighted by atomic mass is 10.1. The highest BCUT2D eigenvalue weighted by molar-refractivity contribution is 7.89. The Morgan fingerprint density at radius 1 is 1.04 bits per heavy atom. The predicted octanol–water partition coefficient (Wildman–Crippen LogP) is 1.85. The van der Waals surface area contributed by atoms with Crippen LogP contribution < -0.4 is 0 Å². The van der Waals surface area contributed by atoms with Crippen molar-refractivity contribution in [3.63, 3.8) is 0 Å². The summed E-state index contributed by atoms with van der Waals surface area (Å²) in [5, 5.41) is 4.37. The molecule has 0 atom stereocenters. The number of aromatic nitrogens is 2. The molecule has 0 saturated carbocycles. The van der Waals surface area contributed by atoms with Crippen molar-refractivity contribution < 1.29 is 8.42 Å². The average molecular weight is 362 g/mol. The average Bonchev–Trinajstić information content (AvgIpc) is 2.88. The van der Waals surface area contributed by atoms with Crippen molar-refractivity contribution in [2.45, 2.75) is 32.2 Å². The highest BCUT2D eigenvalue weighted by Crippen LogP contribution is 2.21. The molecular weight excluding hydrogens is 336 g/mol. The number of rotatable bonds is 4. The zero-order chi connectivity index (χ0) is 18.2. The molecule has 0 amide bonds. The number of hydrogen-bond donors (Lipinski definition) is 0. The van der Waals surface area contributed by atoms with E-state index in [-0.39, 0.29) is 0 Å². The SMILES string of the molecule is Cc1ccc(S(=O)(=O)N2CCN(Cc3cn(C)nc3C)CC2)cc1C. The van der Waals surface area contributed by atoms with Gasteiger partial charge >= 0.3 is 0 Å². The second-order valence-electron chi connectivity index (χ2n) is 6.84. The minimum absolute atomic E-state index is 0.396. The molecule has 2 aromatic rings. The largest absolute Gasteiger partial charge is 0.296 e. The van der Waals surface area contributed by atoms with Crippen LogP contribution in [-0.2, 0) is 23.6 Å². The van der Waals surface area contributed by atoms with Gasteiger partial charge in [0.1, 0.15) is 0 Å². The van der Waals surface area contributed by atoms with Gasteiger partial charge in [0.05, 0.1) is 10.6 Å². The van der Waals surface area contributed by atoms with Crippen molar-refractivity contribution >= 4 is 10.0 Å². The van der Waals surface area contributed by atoms with Crippen LogP contribution in [0.4, 0.5) is 0 Å². The van der Waals surface area contributed by atoms with Crippen molar-refractivity contribution in [2.24, 2.45) is 7.05 Å². The molecule has 1 saturated heterocycles. The molecule has 1 aliphatic rings. The minimum Gasteiger partial charge on any atom is -0.296 e. The molecule has 0 radical (unpaired) electrons. The molecule has 1 fully saturated rings. The summed E-state index contributed by atoms with van der Waals surface area (Å²) < 4.78 is 29.2. The Balaban J connectivity index is 1.66. The Kier molecular flexibility index (Phi) is 4.99. The molecule has 0 N–H and O–H groups in total.